The minimum absolute atomic E-state index is 0.242. The molecule has 2 rings (SSSR count). The Balaban J connectivity index is 2.32. The molecular weight excluding hydrogens is 255 g/mol. The highest BCUT2D eigenvalue weighted by Crippen LogP contribution is 2.33. The maximum absolute atomic E-state index is 11.9. The van der Waals surface area contributed by atoms with Gasteiger partial charge in [-0.25, -0.2) is 13.2 Å². The molecule has 0 aromatic carbocycles. The summed E-state index contributed by atoms with van der Waals surface area (Å²) in [6.45, 7) is 0. The van der Waals surface area contributed by atoms with Gasteiger partial charge in [-0.2, -0.15) is 0 Å². The summed E-state index contributed by atoms with van der Waals surface area (Å²) in [6, 6.07) is -0.578. The first kappa shape index (κ1) is 13.1. The van der Waals surface area contributed by atoms with E-state index in [4.69, 9.17) is 7.85 Å². The van der Waals surface area contributed by atoms with E-state index in [9.17, 15) is 18.0 Å². The maximum atomic E-state index is 11.9. The zero-order chi connectivity index (χ0) is 13.4. The van der Waals surface area contributed by atoms with Gasteiger partial charge in [-0.15, -0.1) is 0 Å². The molecule has 1 spiro atoms. The largest absolute Gasteiger partial charge is 0.323 e. The van der Waals surface area contributed by atoms with Crippen LogP contribution >= 0.6 is 0 Å². The quantitative estimate of drug-likeness (QED) is 0.393. The van der Waals surface area contributed by atoms with Crippen molar-refractivity contribution < 1.29 is 18.0 Å². The van der Waals surface area contributed by atoms with Gasteiger partial charge in [-0.3, -0.25) is 10.1 Å². The van der Waals surface area contributed by atoms with Crippen molar-refractivity contribution >= 4 is 29.6 Å². The molecule has 2 unspecified atom stereocenters. The second-order valence-electron chi connectivity index (χ2n) is 4.53. The number of urea groups is 1. The lowest BCUT2D eigenvalue weighted by atomic mass is 9.77. The first-order chi connectivity index (χ1) is 8.39. The molecule has 8 heteroatoms. The fourth-order valence-corrected chi connectivity index (χ4v) is 3.48. The number of amides is 3. The molecule has 0 aromatic rings. The molecule has 2 N–H and O–H groups in total. The summed E-state index contributed by atoms with van der Waals surface area (Å²) in [5.41, 5.74) is -1.61. The number of carbonyl (C=O) groups is 2. The van der Waals surface area contributed by atoms with Crippen molar-refractivity contribution in [2.75, 3.05) is 11.4 Å². The van der Waals surface area contributed by atoms with Gasteiger partial charge in [-0.1, -0.05) is 12.2 Å². The topological polar surface area (TPSA) is 92.3 Å². The number of nitrogens with one attached hydrogen (secondary N) is 2. The molecule has 18 heavy (non-hydrogen) atoms. The molecule has 0 bridgehead atoms. The van der Waals surface area contributed by atoms with Crippen LogP contribution in [0.3, 0.4) is 0 Å². The van der Waals surface area contributed by atoms with Crippen LogP contribution in [0.25, 0.3) is 0 Å². The van der Waals surface area contributed by atoms with Crippen LogP contribution in [0.15, 0.2) is 12.2 Å². The van der Waals surface area contributed by atoms with Crippen molar-refractivity contribution in [3.8, 4) is 0 Å². The van der Waals surface area contributed by atoms with E-state index in [0.29, 0.717) is 12.8 Å². The summed E-state index contributed by atoms with van der Waals surface area (Å²) >= 11 is 0. The second kappa shape index (κ2) is 4.42. The van der Waals surface area contributed by atoms with Crippen molar-refractivity contribution in [3.05, 3.63) is 12.2 Å². The van der Waals surface area contributed by atoms with E-state index >= 15 is 0 Å². The van der Waals surface area contributed by atoms with E-state index in [0.717, 1.165) is 0 Å². The highest BCUT2D eigenvalue weighted by molar-refractivity contribution is 7.92. The number of hydrogen-bond acceptors (Lipinski definition) is 4. The Labute approximate surface area is 107 Å². The highest BCUT2D eigenvalue weighted by atomic mass is 32.2. The van der Waals surface area contributed by atoms with Gasteiger partial charge in [0, 0.05) is 11.6 Å². The van der Waals surface area contributed by atoms with Gasteiger partial charge in [0.15, 0.2) is 0 Å². The lowest BCUT2D eigenvalue weighted by molar-refractivity contribution is -0.125. The van der Waals surface area contributed by atoms with Crippen molar-refractivity contribution in [2.45, 2.75) is 18.4 Å². The normalized spacial score (nSPS) is 31.4. The molecular formula is C10H13BN2O4S. The van der Waals surface area contributed by atoms with Gasteiger partial charge in [0.05, 0.1) is 13.6 Å². The average Bonchev–Trinajstić information content (AvgIpc) is 2.58. The van der Waals surface area contributed by atoms with Crippen molar-refractivity contribution in [3.63, 3.8) is 0 Å². The molecule has 6 nitrogen and oxygen atoms in total. The van der Waals surface area contributed by atoms with Gasteiger partial charge >= 0.3 is 6.03 Å². The number of rotatable bonds is 3. The fourth-order valence-electron chi connectivity index (χ4n) is 2.40. The molecule has 1 fully saturated rings. The van der Waals surface area contributed by atoms with Crippen LogP contribution in [0.1, 0.15) is 12.8 Å². The predicted octanol–water partition coefficient (Wildman–Crippen LogP) is -0.928. The monoisotopic (exact) mass is 268 g/mol. The van der Waals surface area contributed by atoms with Crippen molar-refractivity contribution in [1.82, 2.24) is 10.6 Å². The molecule has 0 aromatic heterocycles. The summed E-state index contributed by atoms with van der Waals surface area (Å²) in [5.74, 6) is -1.28. The van der Waals surface area contributed by atoms with Gasteiger partial charge < -0.3 is 5.32 Å². The summed E-state index contributed by atoms with van der Waals surface area (Å²) in [6.07, 6.45) is 4.50. The minimum atomic E-state index is -3.43. The first-order valence-corrected chi connectivity index (χ1v) is 7.42. The zero-order valence-electron chi connectivity index (χ0n) is 9.68. The van der Waals surface area contributed by atoms with Crippen molar-refractivity contribution in [1.29, 1.82) is 0 Å². The van der Waals surface area contributed by atoms with Gasteiger partial charge in [0.1, 0.15) is 15.4 Å². The van der Waals surface area contributed by atoms with Crippen LogP contribution in [-0.2, 0) is 14.6 Å². The Kier molecular flexibility index (Phi) is 3.22. The Morgan fingerprint density at radius 3 is 2.72 bits per heavy atom. The third kappa shape index (κ3) is 2.16. The summed E-state index contributed by atoms with van der Waals surface area (Å²) < 4.78 is 23.2. The van der Waals surface area contributed by atoms with E-state index in [-0.39, 0.29) is 5.75 Å². The Hall–Kier alpha value is -1.31. The molecule has 1 aliphatic heterocycles. The van der Waals surface area contributed by atoms with Crippen LogP contribution in [0.2, 0.25) is 0 Å². The lowest BCUT2D eigenvalue weighted by Gasteiger charge is -2.35. The van der Waals surface area contributed by atoms with Gasteiger partial charge in [0.25, 0.3) is 5.91 Å². The van der Waals surface area contributed by atoms with Crippen molar-refractivity contribution in [2.24, 2.45) is 5.92 Å². The van der Waals surface area contributed by atoms with E-state index < -0.39 is 38.9 Å². The first-order valence-electron chi connectivity index (χ1n) is 5.60. The summed E-state index contributed by atoms with van der Waals surface area (Å²) in [4.78, 5) is 23.2. The molecule has 3 amide bonds. The Morgan fingerprint density at radius 2 is 2.17 bits per heavy atom. The Morgan fingerprint density at radius 1 is 1.44 bits per heavy atom. The highest BCUT2D eigenvalue weighted by Gasteiger charge is 2.52. The molecule has 96 valence electrons. The SMILES string of the molecule is [B]CS(=O)(=O)CC1C=CCCC12NC(=O)NC2=O. The molecule has 2 aliphatic rings. The Bertz CT molecular complexity index is 516. The van der Waals surface area contributed by atoms with E-state index in [2.05, 4.69) is 10.6 Å². The van der Waals surface area contributed by atoms with Crippen LogP contribution in [0.5, 0.6) is 0 Å². The smallest absolute Gasteiger partial charge is 0.322 e. The molecule has 2 atom stereocenters. The molecule has 2 radical (unpaired) electrons. The van der Waals surface area contributed by atoms with E-state index in [1.54, 1.807) is 6.08 Å². The molecule has 1 saturated heterocycles. The number of hydrogen-bond donors (Lipinski definition) is 2. The molecule has 1 aliphatic carbocycles. The lowest BCUT2D eigenvalue weighted by Crippen LogP contribution is -2.55. The number of carbonyl (C=O) groups excluding carboxylic acids is 2. The maximum Gasteiger partial charge on any atom is 0.322 e. The predicted molar refractivity (Wildman–Crippen MR) is 65.7 cm³/mol. The number of sulfone groups is 1. The number of imide groups is 1. The molecule has 0 saturated carbocycles. The summed E-state index contributed by atoms with van der Waals surface area (Å²) in [7, 11) is 1.74. The van der Waals surface area contributed by atoms with Gasteiger partial charge in [-0.05, 0) is 12.8 Å². The summed E-state index contributed by atoms with van der Waals surface area (Å²) in [5, 5.41) is 4.72. The standard InChI is InChI=1S/C10H13BN2O4S/c11-6-18(16,17)5-7-3-1-2-4-10(7)8(14)12-9(15)13-10/h1,3,7H,2,4-6H2,(H2,12,13,14,15). The van der Waals surface area contributed by atoms with Crippen LogP contribution < -0.4 is 10.6 Å². The average molecular weight is 268 g/mol. The van der Waals surface area contributed by atoms with Crippen LogP contribution in [0.4, 0.5) is 4.79 Å². The number of allylic oxidation sites excluding steroid dienone is 1. The van der Waals surface area contributed by atoms with Crippen LogP contribution in [0, 0.1) is 5.92 Å². The fraction of sp³-hybridized carbons (Fsp3) is 0.600. The van der Waals surface area contributed by atoms with E-state index in [1.165, 1.54) is 0 Å². The van der Waals surface area contributed by atoms with Gasteiger partial charge in [0.2, 0.25) is 0 Å². The van der Waals surface area contributed by atoms with E-state index in [1.807, 2.05) is 6.08 Å². The minimum Gasteiger partial charge on any atom is -0.323 e. The van der Waals surface area contributed by atoms with Crippen LogP contribution in [-0.4, -0.2) is 45.1 Å². The zero-order valence-corrected chi connectivity index (χ0v) is 10.5. The molecule has 1 heterocycles. The third-order valence-electron chi connectivity index (χ3n) is 3.36. The second-order valence-corrected chi connectivity index (χ2v) is 6.68. The third-order valence-corrected chi connectivity index (χ3v) is 4.74.